The van der Waals surface area contributed by atoms with Gasteiger partial charge in [-0.25, -0.2) is 14.4 Å². The van der Waals surface area contributed by atoms with Crippen molar-refractivity contribution in [1.82, 2.24) is 10.6 Å². The first-order valence-corrected chi connectivity index (χ1v) is 7.12. The van der Waals surface area contributed by atoms with Crippen LogP contribution in [0.3, 0.4) is 0 Å². The van der Waals surface area contributed by atoms with Crippen LogP contribution in [0.5, 0.6) is 0 Å². The lowest BCUT2D eigenvalue weighted by molar-refractivity contribution is -0.135. The fourth-order valence-corrected chi connectivity index (χ4v) is 2.02. The Morgan fingerprint density at radius 1 is 1.23 bits per heavy atom. The molecular weight excluding hydrogens is 288 g/mol. The number of hydrogen-bond donors (Lipinski definition) is 2. The van der Waals surface area contributed by atoms with E-state index < -0.39 is 24.2 Å². The van der Waals surface area contributed by atoms with Crippen LogP contribution in [0.2, 0.25) is 0 Å². The SMILES string of the molecule is O=C(NCCCCC1NC(=O)OC1=O)OCc1ccccc1. The first kappa shape index (κ1) is 15.8. The third-order valence-electron chi connectivity index (χ3n) is 3.17. The van der Waals surface area contributed by atoms with E-state index in [-0.39, 0.29) is 6.61 Å². The Bertz CT molecular complexity index is 532. The maximum Gasteiger partial charge on any atom is 0.415 e. The number of benzene rings is 1. The zero-order valence-electron chi connectivity index (χ0n) is 12.0. The van der Waals surface area contributed by atoms with Crippen molar-refractivity contribution >= 4 is 18.2 Å². The van der Waals surface area contributed by atoms with Gasteiger partial charge in [-0.3, -0.25) is 0 Å². The molecule has 7 nitrogen and oxygen atoms in total. The average molecular weight is 306 g/mol. The van der Waals surface area contributed by atoms with E-state index in [1.807, 2.05) is 30.3 Å². The van der Waals surface area contributed by atoms with Gasteiger partial charge in [0.05, 0.1) is 0 Å². The van der Waals surface area contributed by atoms with E-state index in [4.69, 9.17) is 4.74 Å². The van der Waals surface area contributed by atoms with E-state index in [0.29, 0.717) is 25.8 Å². The minimum atomic E-state index is -0.697. The van der Waals surface area contributed by atoms with Gasteiger partial charge in [0.15, 0.2) is 0 Å². The number of nitrogens with one attached hydrogen (secondary N) is 2. The minimum Gasteiger partial charge on any atom is -0.445 e. The third-order valence-corrected chi connectivity index (χ3v) is 3.17. The van der Waals surface area contributed by atoms with Crippen LogP contribution in [-0.2, 0) is 20.9 Å². The summed E-state index contributed by atoms with van der Waals surface area (Å²) in [5, 5.41) is 5.05. The summed E-state index contributed by atoms with van der Waals surface area (Å²) < 4.78 is 9.42. The lowest BCUT2D eigenvalue weighted by Crippen LogP contribution is -2.29. The molecule has 2 rings (SSSR count). The van der Waals surface area contributed by atoms with Crippen molar-refractivity contribution in [2.45, 2.75) is 31.9 Å². The third kappa shape index (κ3) is 5.08. The number of carbonyl (C=O) groups excluding carboxylic acids is 3. The molecule has 22 heavy (non-hydrogen) atoms. The maximum atomic E-state index is 11.5. The van der Waals surface area contributed by atoms with Gasteiger partial charge in [0.25, 0.3) is 0 Å². The molecule has 1 aliphatic heterocycles. The summed E-state index contributed by atoms with van der Waals surface area (Å²) in [6.07, 6.45) is 0.680. The van der Waals surface area contributed by atoms with Crippen molar-refractivity contribution in [1.29, 1.82) is 0 Å². The highest BCUT2D eigenvalue weighted by atomic mass is 16.6. The first-order valence-electron chi connectivity index (χ1n) is 7.12. The van der Waals surface area contributed by atoms with Gasteiger partial charge in [0, 0.05) is 6.54 Å². The van der Waals surface area contributed by atoms with Gasteiger partial charge >= 0.3 is 18.2 Å². The fourth-order valence-electron chi connectivity index (χ4n) is 2.02. The van der Waals surface area contributed by atoms with Crippen molar-refractivity contribution in [3.05, 3.63) is 35.9 Å². The molecule has 0 bridgehead atoms. The second-order valence-corrected chi connectivity index (χ2v) is 4.89. The Morgan fingerprint density at radius 2 is 2.00 bits per heavy atom. The van der Waals surface area contributed by atoms with Gasteiger partial charge in [0.2, 0.25) is 0 Å². The molecule has 2 N–H and O–H groups in total. The molecule has 1 aliphatic rings. The van der Waals surface area contributed by atoms with E-state index in [1.165, 1.54) is 0 Å². The number of cyclic esters (lactones) is 2. The van der Waals surface area contributed by atoms with E-state index in [0.717, 1.165) is 5.56 Å². The largest absolute Gasteiger partial charge is 0.445 e. The molecule has 0 aromatic heterocycles. The highest BCUT2D eigenvalue weighted by molar-refractivity contribution is 5.95. The number of rotatable bonds is 7. The predicted octanol–water partition coefficient (Wildman–Crippen LogP) is 1.72. The zero-order chi connectivity index (χ0) is 15.8. The second-order valence-electron chi connectivity index (χ2n) is 4.89. The molecular formula is C15H18N2O5. The molecule has 1 aromatic carbocycles. The van der Waals surface area contributed by atoms with Crippen molar-refractivity contribution in [2.24, 2.45) is 0 Å². The summed E-state index contributed by atoms with van der Waals surface area (Å²) in [5.41, 5.74) is 0.924. The number of amides is 2. The standard InChI is InChI=1S/C15H18N2O5/c18-13-12(17-15(20)22-13)8-4-5-9-16-14(19)21-10-11-6-2-1-3-7-11/h1-3,6-7,12H,4-5,8-10H2,(H,16,19)(H,17,20). The molecule has 1 fully saturated rings. The van der Waals surface area contributed by atoms with Crippen molar-refractivity contribution in [3.63, 3.8) is 0 Å². The van der Waals surface area contributed by atoms with Crippen molar-refractivity contribution < 1.29 is 23.9 Å². The van der Waals surface area contributed by atoms with Gasteiger partial charge in [0.1, 0.15) is 12.6 Å². The number of hydrogen-bond acceptors (Lipinski definition) is 5. The summed E-state index contributed by atoms with van der Waals surface area (Å²) in [6.45, 7) is 0.677. The van der Waals surface area contributed by atoms with Crippen molar-refractivity contribution in [2.75, 3.05) is 6.54 Å². The average Bonchev–Trinajstić information content (AvgIpc) is 2.84. The van der Waals surface area contributed by atoms with Crippen LogP contribution < -0.4 is 10.6 Å². The summed E-state index contributed by atoms with van der Waals surface area (Å²) in [6, 6.07) is 8.83. The van der Waals surface area contributed by atoms with Crippen LogP contribution in [0, 0.1) is 0 Å². The van der Waals surface area contributed by atoms with Crippen LogP contribution in [0.25, 0.3) is 0 Å². The maximum absolute atomic E-state index is 11.5. The van der Waals surface area contributed by atoms with Crippen LogP contribution >= 0.6 is 0 Å². The summed E-state index contributed by atoms with van der Waals surface area (Å²) >= 11 is 0. The van der Waals surface area contributed by atoms with Gasteiger partial charge in [-0.05, 0) is 24.8 Å². The number of ether oxygens (including phenoxy) is 2. The van der Waals surface area contributed by atoms with E-state index in [1.54, 1.807) is 0 Å². The molecule has 0 saturated carbocycles. The Kier molecular flexibility index (Phi) is 5.76. The Morgan fingerprint density at radius 3 is 2.68 bits per heavy atom. The summed E-state index contributed by atoms with van der Waals surface area (Å²) in [5.74, 6) is -0.541. The highest BCUT2D eigenvalue weighted by Crippen LogP contribution is 2.08. The highest BCUT2D eigenvalue weighted by Gasteiger charge is 2.31. The summed E-state index contributed by atoms with van der Waals surface area (Å²) in [4.78, 5) is 33.5. The topological polar surface area (TPSA) is 93.7 Å². The summed E-state index contributed by atoms with van der Waals surface area (Å²) in [7, 11) is 0. The number of esters is 1. The van der Waals surface area contributed by atoms with Crippen molar-refractivity contribution in [3.8, 4) is 0 Å². The smallest absolute Gasteiger partial charge is 0.415 e. The predicted molar refractivity (Wildman–Crippen MR) is 76.9 cm³/mol. The van der Waals surface area contributed by atoms with E-state index in [9.17, 15) is 14.4 Å². The number of unbranched alkanes of at least 4 members (excludes halogenated alkanes) is 1. The molecule has 1 heterocycles. The van der Waals surface area contributed by atoms with Gasteiger partial charge in [-0.1, -0.05) is 30.3 Å². The molecule has 1 atom stereocenters. The molecule has 0 spiro atoms. The lowest BCUT2D eigenvalue weighted by atomic mass is 10.1. The molecule has 7 heteroatoms. The Hall–Kier alpha value is -2.57. The molecule has 0 radical (unpaired) electrons. The first-order chi connectivity index (χ1) is 10.6. The zero-order valence-corrected chi connectivity index (χ0v) is 12.0. The van der Waals surface area contributed by atoms with E-state index >= 15 is 0 Å². The molecule has 1 saturated heterocycles. The molecule has 118 valence electrons. The lowest BCUT2D eigenvalue weighted by Gasteiger charge is -2.08. The normalized spacial score (nSPS) is 16.8. The Balaban J connectivity index is 1.52. The monoisotopic (exact) mass is 306 g/mol. The molecule has 2 amide bonds. The molecule has 0 aliphatic carbocycles. The van der Waals surface area contributed by atoms with Gasteiger partial charge in [-0.2, -0.15) is 0 Å². The van der Waals surface area contributed by atoms with Gasteiger partial charge < -0.3 is 20.1 Å². The number of carbonyl (C=O) groups is 3. The molecule has 1 unspecified atom stereocenters. The van der Waals surface area contributed by atoms with Crippen LogP contribution in [0.1, 0.15) is 24.8 Å². The van der Waals surface area contributed by atoms with Gasteiger partial charge in [-0.15, -0.1) is 0 Å². The number of alkyl carbamates (subject to hydrolysis) is 2. The second kappa shape index (κ2) is 8.02. The fraction of sp³-hybridized carbons (Fsp3) is 0.400. The van der Waals surface area contributed by atoms with E-state index in [2.05, 4.69) is 15.4 Å². The minimum absolute atomic E-state index is 0.229. The van der Waals surface area contributed by atoms with Crippen LogP contribution in [0.4, 0.5) is 9.59 Å². The molecule has 1 aromatic rings. The van der Waals surface area contributed by atoms with Crippen LogP contribution in [-0.4, -0.2) is 30.7 Å². The Labute approximate surface area is 128 Å². The quantitative estimate of drug-likeness (QED) is 0.454. The van der Waals surface area contributed by atoms with Crippen LogP contribution in [0.15, 0.2) is 30.3 Å².